The maximum absolute atomic E-state index is 12.8. The molecule has 2 heterocycles. The lowest BCUT2D eigenvalue weighted by Gasteiger charge is -2.10. The SMILES string of the molecule is Cn1c(=O)oc2cc(S(=O)(=O)Nc3ccc(Cc4ccccn4)cc3)c(Cl)cc21. The van der Waals surface area contributed by atoms with Crippen LogP contribution in [0, 0.1) is 0 Å². The summed E-state index contributed by atoms with van der Waals surface area (Å²) in [5.74, 6) is -0.595. The molecule has 0 aliphatic heterocycles. The van der Waals surface area contributed by atoms with E-state index in [1.54, 1.807) is 18.3 Å². The number of halogens is 1. The lowest BCUT2D eigenvalue weighted by molar-refractivity contribution is 0.527. The van der Waals surface area contributed by atoms with Crippen LogP contribution in [-0.2, 0) is 23.5 Å². The Bertz CT molecular complexity index is 1340. The highest BCUT2D eigenvalue weighted by atomic mass is 35.5. The molecule has 0 fully saturated rings. The summed E-state index contributed by atoms with van der Waals surface area (Å²) in [6, 6.07) is 15.3. The smallest absolute Gasteiger partial charge is 0.408 e. The van der Waals surface area contributed by atoms with E-state index >= 15 is 0 Å². The molecule has 4 rings (SSSR count). The van der Waals surface area contributed by atoms with Crippen LogP contribution in [0.1, 0.15) is 11.3 Å². The van der Waals surface area contributed by atoms with Crippen LogP contribution in [0.4, 0.5) is 5.69 Å². The van der Waals surface area contributed by atoms with Crippen LogP contribution < -0.4 is 10.5 Å². The number of nitrogens with one attached hydrogen (secondary N) is 1. The third-order valence-corrected chi connectivity index (χ3v) is 6.30. The average molecular weight is 430 g/mol. The highest BCUT2D eigenvalue weighted by molar-refractivity contribution is 7.92. The Morgan fingerprint density at radius 3 is 2.59 bits per heavy atom. The van der Waals surface area contributed by atoms with E-state index < -0.39 is 15.8 Å². The Kier molecular flexibility index (Phi) is 4.89. The van der Waals surface area contributed by atoms with Gasteiger partial charge in [0.05, 0.1) is 10.5 Å². The minimum atomic E-state index is -3.98. The first-order chi connectivity index (χ1) is 13.8. The Hall–Kier alpha value is -3.10. The molecule has 2 aromatic heterocycles. The molecular formula is C20H16ClN3O4S. The van der Waals surface area contributed by atoms with Crippen LogP contribution in [0.15, 0.2) is 74.9 Å². The highest BCUT2D eigenvalue weighted by Gasteiger charge is 2.21. The molecule has 0 unspecified atom stereocenters. The second-order valence-corrected chi connectivity index (χ2v) is 8.54. The van der Waals surface area contributed by atoms with Gasteiger partial charge >= 0.3 is 5.76 Å². The molecule has 0 saturated carbocycles. The number of anilines is 1. The van der Waals surface area contributed by atoms with Gasteiger partial charge in [-0.15, -0.1) is 0 Å². The number of nitrogens with zero attached hydrogens (tertiary/aromatic N) is 2. The Morgan fingerprint density at radius 2 is 1.90 bits per heavy atom. The maximum atomic E-state index is 12.8. The summed E-state index contributed by atoms with van der Waals surface area (Å²) in [5.41, 5.74) is 2.87. The van der Waals surface area contributed by atoms with Gasteiger partial charge in [0.15, 0.2) is 5.58 Å². The van der Waals surface area contributed by atoms with Gasteiger partial charge in [-0.05, 0) is 35.9 Å². The molecule has 0 bridgehead atoms. The molecule has 1 N–H and O–H groups in total. The Balaban J connectivity index is 1.59. The van der Waals surface area contributed by atoms with Crippen molar-refractivity contribution in [3.8, 4) is 0 Å². The third-order valence-electron chi connectivity index (χ3n) is 4.45. The number of aromatic nitrogens is 2. The van der Waals surface area contributed by atoms with Crippen molar-refractivity contribution < 1.29 is 12.8 Å². The number of pyridine rings is 1. The van der Waals surface area contributed by atoms with Gasteiger partial charge in [0.2, 0.25) is 0 Å². The lowest BCUT2D eigenvalue weighted by Crippen LogP contribution is -2.13. The van der Waals surface area contributed by atoms with Gasteiger partial charge < -0.3 is 4.42 Å². The number of hydrogen-bond donors (Lipinski definition) is 1. The molecule has 2 aromatic carbocycles. The Morgan fingerprint density at radius 1 is 1.14 bits per heavy atom. The van der Waals surface area contributed by atoms with Gasteiger partial charge in [-0.2, -0.15) is 0 Å². The molecule has 0 aliphatic carbocycles. The molecule has 0 radical (unpaired) electrons. The van der Waals surface area contributed by atoms with E-state index in [-0.39, 0.29) is 15.5 Å². The zero-order chi connectivity index (χ0) is 20.6. The van der Waals surface area contributed by atoms with Crippen LogP contribution >= 0.6 is 11.6 Å². The summed E-state index contributed by atoms with van der Waals surface area (Å²) in [4.78, 5) is 15.8. The summed E-state index contributed by atoms with van der Waals surface area (Å²) in [6.45, 7) is 0. The number of oxazole rings is 1. The molecule has 4 aromatic rings. The summed E-state index contributed by atoms with van der Waals surface area (Å²) in [7, 11) is -2.46. The minimum Gasteiger partial charge on any atom is -0.408 e. The zero-order valence-electron chi connectivity index (χ0n) is 15.3. The van der Waals surface area contributed by atoms with E-state index in [0.717, 1.165) is 11.3 Å². The van der Waals surface area contributed by atoms with E-state index in [1.807, 2.05) is 30.3 Å². The van der Waals surface area contributed by atoms with Crippen molar-refractivity contribution in [1.82, 2.24) is 9.55 Å². The standard InChI is InChI=1S/C20H16ClN3O4S/c1-24-17-11-16(21)19(12-18(17)28-20(24)25)29(26,27)23-14-7-5-13(6-8-14)10-15-4-2-3-9-22-15/h2-9,11-12,23H,10H2,1H3. The van der Waals surface area contributed by atoms with Crippen molar-refractivity contribution in [1.29, 1.82) is 0 Å². The van der Waals surface area contributed by atoms with E-state index in [0.29, 0.717) is 17.6 Å². The number of sulfonamides is 1. The fraction of sp³-hybridized carbons (Fsp3) is 0.100. The van der Waals surface area contributed by atoms with Gasteiger partial charge in [0, 0.05) is 37.1 Å². The van der Waals surface area contributed by atoms with E-state index in [9.17, 15) is 13.2 Å². The monoisotopic (exact) mass is 429 g/mol. The Labute approximate surface area is 171 Å². The van der Waals surface area contributed by atoms with E-state index in [2.05, 4.69) is 9.71 Å². The highest BCUT2D eigenvalue weighted by Crippen LogP contribution is 2.28. The number of hydrogen-bond acceptors (Lipinski definition) is 5. The normalized spacial score (nSPS) is 11.7. The topological polar surface area (TPSA) is 94.2 Å². The van der Waals surface area contributed by atoms with Crippen LogP contribution in [0.2, 0.25) is 5.02 Å². The first kappa shape index (κ1) is 19.2. The molecule has 0 atom stereocenters. The fourth-order valence-corrected chi connectivity index (χ4v) is 4.54. The summed E-state index contributed by atoms with van der Waals surface area (Å²) in [5, 5.41) is -0.00632. The van der Waals surface area contributed by atoms with Crippen molar-refractivity contribution in [2.75, 3.05) is 4.72 Å². The molecule has 0 aliphatic rings. The van der Waals surface area contributed by atoms with E-state index in [1.165, 1.54) is 23.7 Å². The second-order valence-electron chi connectivity index (χ2n) is 6.48. The summed E-state index contributed by atoms with van der Waals surface area (Å²) < 4.78 is 34.4. The number of benzene rings is 2. The van der Waals surface area contributed by atoms with Crippen molar-refractivity contribution in [2.45, 2.75) is 11.3 Å². The van der Waals surface area contributed by atoms with Gasteiger partial charge in [-0.25, -0.2) is 13.2 Å². The van der Waals surface area contributed by atoms with Crippen molar-refractivity contribution in [2.24, 2.45) is 7.05 Å². The van der Waals surface area contributed by atoms with Crippen molar-refractivity contribution in [3.05, 3.63) is 87.6 Å². The van der Waals surface area contributed by atoms with Crippen LogP contribution in [-0.4, -0.2) is 18.0 Å². The van der Waals surface area contributed by atoms with Gasteiger partial charge in [0.25, 0.3) is 10.0 Å². The zero-order valence-corrected chi connectivity index (χ0v) is 16.9. The van der Waals surface area contributed by atoms with Crippen LogP contribution in [0.5, 0.6) is 0 Å². The molecule has 29 heavy (non-hydrogen) atoms. The first-order valence-electron chi connectivity index (χ1n) is 8.64. The van der Waals surface area contributed by atoms with E-state index in [4.69, 9.17) is 16.0 Å². The largest absolute Gasteiger partial charge is 0.419 e. The lowest BCUT2D eigenvalue weighted by atomic mass is 10.1. The second kappa shape index (κ2) is 7.38. The molecule has 0 saturated heterocycles. The predicted octanol–water partition coefficient (Wildman–Crippen LogP) is 3.57. The third kappa shape index (κ3) is 3.90. The average Bonchev–Trinajstić information content (AvgIpc) is 2.97. The molecule has 0 amide bonds. The van der Waals surface area contributed by atoms with Crippen molar-refractivity contribution in [3.63, 3.8) is 0 Å². The van der Waals surface area contributed by atoms with Gasteiger partial charge in [0.1, 0.15) is 4.90 Å². The van der Waals surface area contributed by atoms with Crippen LogP contribution in [0.3, 0.4) is 0 Å². The number of rotatable bonds is 5. The quantitative estimate of drug-likeness (QED) is 0.523. The van der Waals surface area contributed by atoms with Gasteiger partial charge in [-0.1, -0.05) is 29.8 Å². The van der Waals surface area contributed by atoms with Gasteiger partial charge in [-0.3, -0.25) is 14.3 Å². The predicted molar refractivity (Wildman–Crippen MR) is 111 cm³/mol. The maximum Gasteiger partial charge on any atom is 0.419 e. The van der Waals surface area contributed by atoms with Crippen LogP contribution in [0.25, 0.3) is 11.1 Å². The molecular weight excluding hydrogens is 414 g/mol. The first-order valence-corrected chi connectivity index (χ1v) is 10.5. The minimum absolute atomic E-state index is 0.00632. The molecule has 0 spiro atoms. The molecule has 7 nitrogen and oxygen atoms in total. The summed E-state index contributed by atoms with van der Waals surface area (Å²) >= 11 is 6.17. The molecule has 9 heteroatoms. The molecule has 148 valence electrons. The number of fused-ring (bicyclic) bond motifs is 1. The number of aryl methyl sites for hydroxylation is 1. The fourth-order valence-electron chi connectivity index (χ4n) is 2.95. The van der Waals surface area contributed by atoms with Crippen molar-refractivity contribution >= 4 is 38.4 Å². The summed E-state index contributed by atoms with van der Waals surface area (Å²) in [6.07, 6.45) is 2.37.